The van der Waals surface area contributed by atoms with Crippen LogP contribution in [-0.2, 0) is 6.42 Å². The molecule has 1 aromatic rings. The maximum atomic E-state index is 4.80. The van der Waals surface area contributed by atoms with E-state index in [2.05, 4.69) is 31.4 Å². The van der Waals surface area contributed by atoms with E-state index in [1.54, 1.807) is 0 Å². The maximum Gasteiger partial charge on any atom is 0.0469 e. The zero-order chi connectivity index (χ0) is 14.7. The molecule has 0 aliphatic heterocycles. The van der Waals surface area contributed by atoms with Gasteiger partial charge in [0, 0.05) is 17.8 Å². The molecule has 1 aromatic heterocycles. The number of nitrogens with zero attached hydrogens (tertiary/aromatic N) is 1. The Labute approximate surface area is 129 Å². The number of rotatable bonds is 4. The lowest BCUT2D eigenvalue weighted by Gasteiger charge is -2.42. The second-order valence-corrected chi connectivity index (χ2v) is 7.12. The first-order chi connectivity index (χ1) is 10.3. The lowest BCUT2D eigenvalue weighted by Crippen LogP contribution is -2.36. The van der Waals surface area contributed by atoms with Gasteiger partial charge in [-0.05, 0) is 75.1 Å². The molecule has 1 N–H and O–H groups in total. The van der Waals surface area contributed by atoms with Gasteiger partial charge in [-0.2, -0.15) is 0 Å². The van der Waals surface area contributed by atoms with Gasteiger partial charge in [0.15, 0.2) is 0 Å². The van der Waals surface area contributed by atoms with Gasteiger partial charge in [0.05, 0.1) is 0 Å². The van der Waals surface area contributed by atoms with Crippen molar-refractivity contribution in [3.8, 4) is 0 Å². The average Bonchev–Trinajstić information content (AvgIpc) is 2.55. The quantitative estimate of drug-likeness (QED) is 0.899. The van der Waals surface area contributed by atoms with Gasteiger partial charge in [0.1, 0.15) is 0 Å². The Balaban J connectivity index is 1.85. The summed E-state index contributed by atoms with van der Waals surface area (Å²) in [6.07, 6.45) is 11.6. The zero-order valence-electron chi connectivity index (χ0n) is 13.6. The minimum absolute atomic E-state index is 0.711. The number of aromatic nitrogens is 1. The van der Waals surface area contributed by atoms with Crippen LogP contribution in [0.2, 0.25) is 0 Å². The molecule has 0 spiro atoms. The van der Waals surface area contributed by atoms with Crippen molar-refractivity contribution in [2.45, 2.75) is 57.8 Å². The van der Waals surface area contributed by atoms with Crippen LogP contribution in [0.4, 0.5) is 0 Å². The third-order valence-corrected chi connectivity index (χ3v) is 5.96. The number of nitrogens with one attached hydrogen (secondary N) is 1. The van der Waals surface area contributed by atoms with Crippen molar-refractivity contribution in [2.24, 2.45) is 17.8 Å². The minimum Gasteiger partial charge on any atom is -0.319 e. The number of hydrogen-bond donors (Lipinski definition) is 1. The maximum absolute atomic E-state index is 4.80. The van der Waals surface area contributed by atoms with Gasteiger partial charge >= 0.3 is 0 Å². The smallest absolute Gasteiger partial charge is 0.0469 e. The van der Waals surface area contributed by atoms with Gasteiger partial charge in [-0.3, -0.25) is 4.98 Å². The van der Waals surface area contributed by atoms with Crippen molar-refractivity contribution in [1.29, 1.82) is 0 Å². The summed E-state index contributed by atoms with van der Waals surface area (Å²) in [5, 5.41) is 3.44. The Kier molecular flexibility index (Phi) is 4.95. The Morgan fingerprint density at radius 1 is 1.29 bits per heavy atom. The molecule has 1 heterocycles. The van der Waals surface area contributed by atoms with Crippen LogP contribution in [0.25, 0.3) is 0 Å². The van der Waals surface area contributed by atoms with E-state index in [-0.39, 0.29) is 0 Å². The normalized spacial score (nSPS) is 32.7. The third-order valence-electron chi connectivity index (χ3n) is 5.96. The van der Waals surface area contributed by atoms with Crippen LogP contribution in [-0.4, -0.2) is 18.6 Å². The van der Waals surface area contributed by atoms with Crippen LogP contribution >= 0.6 is 0 Å². The molecule has 1 saturated carbocycles. The summed E-state index contributed by atoms with van der Waals surface area (Å²) in [7, 11) is 2.11. The van der Waals surface area contributed by atoms with Crippen LogP contribution in [0.3, 0.4) is 0 Å². The SMILES string of the molecule is CCC1CCC(CNC)C(C2CCCc3cccnc32)C1. The highest BCUT2D eigenvalue weighted by Gasteiger charge is 2.37. The molecule has 3 rings (SSSR count). The van der Waals surface area contributed by atoms with E-state index in [0.29, 0.717) is 5.92 Å². The molecule has 2 heteroatoms. The summed E-state index contributed by atoms with van der Waals surface area (Å²) < 4.78 is 0. The first kappa shape index (κ1) is 15.0. The number of pyridine rings is 1. The second kappa shape index (κ2) is 6.91. The summed E-state index contributed by atoms with van der Waals surface area (Å²) in [5.41, 5.74) is 2.96. The predicted molar refractivity (Wildman–Crippen MR) is 88.5 cm³/mol. The van der Waals surface area contributed by atoms with Crippen molar-refractivity contribution in [1.82, 2.24) is 10.3 Å². The molecule has 2 aliphatic carbocycles. The van der Waals surface area contributed by atoms with Crippen LogP contribution in [0, 0.1) is 17.8 Å². The molecular weight excluding hydrogens is 256 g/mol. The summed E-state index contributed by atoms with van der Waals surface area (Å²) in [4.78, 5) is 4.80. The van der Waals surface area contributed by atoms with Crippen molar-refractivity contribution >= 4 is 0 Å². The predicted octanol–water partition coefficient (Wildman–Crippen LogP) is 4.16. The van der Waals surface area contributed by atoms with Gasteiger partial charge in [0.2, 0.25) is 0 Å². The Hall–Kier alpha value is -0.890. The van der Waals surface area contributed by atoms with E-state index in [1.807, 2.05) is 6.20 Å². The van der Waals surface area contributed by atoms with Crippen LogP contribution < -0.4 is 5.32 Å². The molecule has 4 unspecified atom stereocenters. The van der Waals surface area contributed by atoms with E-state index in [4.69, 9.17) is 4.98 Å². The van der Waals surface area contributed by atoms with E-state index >= 15 is 0 Å². The molecule has 0 radical (unpaired) electrons. The first-order valence-electron chi connectivity index (χ1n) is 8.91. The first-order valence-corrected chi connectivity index (χ1v) is 8.91. The summed E-state index contributed by atoms with van der Waals surface area (Å²) in [6, 6.07) is 4.42. The highest BCUT2D eigenvalue weighted by molar-refractivity contribution is 5.27. The summed E-state index contributed by atoms with van der Waals surface area (Å²) >= 11 is 0. The lowest BCUT2D eigenvalue weighted by molar-refractivity contribution is 0.138. The lowest BCUT2D eigenvalue weighted by atomic mass is 9.64. The number of aryl methyl sites for hydroxylation is 1. The second-order valence-electron chi connectivity index (χ2n) is 7.12. The molecule has 21 heavy (non-hydrogen) atoms. The molecule has 0 aromatic carbocycles. The number of fused-ring (bicyclic) bond motifs is 1. The monoisotopic (exact) mass is 286 g/mol. The van der Waals surface area contributed by atoms with Crippen molar-refractivity contribution in [3.05, 3.63) is 29.6 Å². The molecule has 0 amide bonds. The van der Waals surface area contributed by atoms with Crippen molar-refractivity contribution in [3.63, 3.8) is 0 Å². The largest absolute Gasteiger partial charge is 0.319 e. The van der Waals surface area contributed by atoms with E-state index in [9.17, 15) is 0 Å². The Morgan fingerprint density at radius 3 is 3.00 bits per heavy atom. The molecule has 4 atom stereocenters. The van der Waals surface area contributed by atoms with Gasteiger partial charge in [-0.15, -0.1) is 0 Å². The zero-order valence-corrected chi connectivity index (χ0v) is 13.6. The fourth-order valence-corrected chi connectivity index (χ4v) is 4.80. The molecule has 0 saturated heterocycles. The molecule has 2 nitrogen and oxygen atoms in total. The van der Waals surface area contributed by atoms with Crippen molar-refractivity contribution < 1.29 is 0 Å². The highest BCUT2D eigenvalue weighted by Crippen LogP contribution is 2.46. The fourth-order valence-electron chi connectivity index (χ4n) is 4.80. The van der Waals surface area contributed by atoms with E-state index < -0.39 is 0 Å². The van der Waals surface area contributed by atoms with Crippen LogP contribution in [0.15, 0.2) is 18.3 Å². The van der Waals surface area contributed by atoms with E-state index in [1.165, 1.54) is 62.7 Å². The average molecular weight is 286 g/mol. The topological polar surface area (TPSA) is 24.9 Å². The molecule has 1 fully saturated rings. The highest BCUT2D eigenvalue weighted by atomic mass is 14.8. The van der Waals surface area contributed by atoms with E-state index in [0.717, 1.165) is 17.8 Å². The number of hydrogen-bond acceptors (Lipinski definition) is 2. The summed E-state index contributed by atoms with van der Waals surface area (Å²) in [5.74, 6) is 3.33. The van der Waals surface area contributed by atoms with Crippen LogP contribution in [0.5, 0.6) is 0 Å². The van der Waals surface area contributed by atoms with Gasteiger partial charge in [0.25, 0.3) is 0 Å². The molecular formula is C19H30N2. The Bertz CT molecular complexity index is 457. The fraction of sp³-hybridized carbons (Fsp3) is 0.737. The van der Waals surface area contributed by atoms with Gasteiger partial charge in [-0.1, -0.05) is 25.8 Å². The Morgan fingerprint density at radius 2 is 2.19 bits per heavy atom. The van der Waals surface area contributed by atoms with Gasteiger partial charge < -0.3 is 5.32 Å². The van der Waals surface area contributed by atoms with Gasteiger partial charge in [-0.25, -0.2) is 0 Å². The third kappa shape index (κ3) is 3.15. The van der Waals surface area contributed by atoms with Crippen molar-refractivity contribution in [2.75, 3.05) is 13.6 Å². The molecule has 0 bridgehead atoms. The summed E-state index contributed by atoms with van der Waals surface area (Å²) in [6.45, 7) is 3.55. The van der Waals surface area contributed by atoms with Crippen LogP contribution in [0.1, 0.15) is 62.6 Å². The molecule has 116 valence electrons. The molecule has 2 aliphatic rings. The minimum atomic E-state index is 0.711. The standard InChI is InChI=1S/C19H30N2/c1-3-14-9-10-16(13-20-2)18(12-14)17-8-4-6-15-7-5-11-21-19(15)17/h5,7,11,14,16-18,20H,3-4,6,8-10,12-13H2,1-2H3.